The average Bonchev–Trinajstić information content (AvgIpc) is 2.47. The Morgan fingerprint density at radius 2 is 0.783 bits per heavy atom. The maximum atomic E-state index is 8.93. The van der Waals surface area contributed by atoms with Crippen LogP contribution in [0.25, 0.3) is 0 Å². The molecule has 23 heavy (non-hydrogen) atoms. The summed E-state index contributed by atoms with van der Waals surface area (Å²) in [5.74, 6) is -4.37. The minimum absolute atomic E-state index is 0. The summed E-state index contributed by atoms with van der Waals surface area (Å²) < 4.78 is 0. The van der Waals surface area contributed by atoms with E-state index in [9.17, 15) is 0 Å². The van der Waals surface area contributed by atoms with Gasteiger partial charge in [0.2, 0.25) is 0 Å². The fraction of sp³-hybridized carbons (Fsp3) is 0. The maximum absolute atomic E-state index is 8.93. The molecule has 0 saturated carbocycles. The van der Waals surface area contributed by atoms with Crippen LogP contribution in [0.4, 0.5) is 22.7 Å². The van der Waals surface area contributed by atoms with Crippen LogP contribution in [0.5, 0.6) is 0 Å². The molecule has 0 amide bonds. The van der Waals surface area contributed by atoms with Gasteiger partial charge in [-0.1, -0.05) is 24.3 Å². The first-order chi connectivity index (χ1) is 10.3. The second kappa shape index (κ2) is 11.7. The van der Waals surface area contributed by atoms with Crippen molar-refractivity contribution < 1.29 is 36.9 Å². The molecule has 0 radical (unpaired) electrons. The Bertz CT molecular complexity index is 540. The van der Waals surface area contributed by atoms with Crippen LogP contribution in [0, 0.1) is 0 Å². The zero-order chi connectivity index (χ0) is 17.1. The number of carboxylic acids is 2. The largest absolute Gasteiger partial charge is 2.00 e. The van der Waals surface area contributed by atoms with Gasteiger partial charge in [0.25, 0.3) is 0 Å². The van der Waals surface area contributed by atoms with E-state index in [0.717, 1.165) is 0 Å². The molecule has 0 aliphatic rings. The van der Waals surface area contributed by atoms with Gasteiger partial charge < -0.3 is 42.7 Å². The Kier molecular flexibility index (Phi) is 11.4. The molecule has 0 saturated heterocycles. The number of nitrogen functional groups attached to an aromatic ring is 4. The topological polar surface area (TPSA) is 184 Å². The molecule has 0 spiro atoms. The Morgan fingerprint density at radius 3 is 0.870 bits per heavy atom. The fourth-order valence-corrected chi connectivity index (χ4v) is 1.02. The van der Waals surface area contributed by atoms with E-state index in [1.54, 1.807) is 24.3 Å². The summed E-state index contributed by atoms with van der Waals surface area (Å²) in [5.41, 5.74) is 24.2. The standard InChI is InChI=1S/2C6H8N2.C2H2O4.Fe/c2*7-5-3-1-2-4-6(5)8;3-1(4)2(5)6;/h2*1-4H,7-8H2;(H,3,4)(H,5,6);/q;;;+2/p-2. The van der Waals surface area contributed by atoms with Crippen LogP contribution in [0.3, 0.4) is 0 Å². The molecule has 124 valence electrons. The SMILES string of the molecule is Nc1ccccc1N.Nc1ccccc1N.O=C([O-])C(=O)[O-].[Fe+2]. The molecule has 9 heteroatoms. The van der Waals surface area contributed by atoms with Gasteiger partial charge in [-0.15, -0.1) is 0 Å². The van der Waals surface area contributed by atoms with Gasteiger partial charge in [-0.25, -0.2) is 0 Å². The first kappa shape index (κ1) is 22.4. The number of rotatable bonds is 0. The van der Waals surface area contributed by atoms with Gasteiger partial charge in [0.05, 0.1) is 34.7 Å². The number of aliphatic carboxylic acids is 2. The third-order valence-corrected chi connectivity index (χ3v) is 2.16. The smallest absolute Gasteiger partial charge is 0.543 e. The van der Waals surface area contributed by atoms with E-state index in [4.69, 9.17) is 42.7 Å². The summed E-state index contributed by atoms with van der Waals surface area (Å²) in [5, 5.41) is 17.9. The molecule has 0 unspecified atom stereocenters. The Balaban J connectivity index is 0. The van der Waals surface area contributed by atoms with Gasteiger partial charge in [-0.05, 0) is 24.3 Å². The quantitative estimate of drug-likeness (QED) is 0.240. The Hall–Kier alpha value is -2.90. The molecule has 0 aliphatic heterocycles. The summed E-state index contributed by atoms with van der Waals surface area (Å²) >= 11 is 0. The molecule has 0 atom stereocenters. The van der Waals surface area contributed by atoms with Crippen molar-refractivity contribution in [1.82, 2.24) is 0 Å². The number of para-hydroxylation sites is 4. The zero-order valence-electron chi connectivity index (χ0n) is 11.9. The fourth-order valence-electron chi connectivity index (χ4n) is 1.02. The van der Waals surface area contributed by atoms with Crippen molar-refractivity contribution in [3.05, 3.63) is 48.5 Å². The molecule has 2 aromatic carbocycles. The Morgan fingerprint density at radius 1 is 0.609 bits per heavy atom. The summed E-state index contributed by atoms with van der Waals surface area (Å²) in [4.78, 5) is 17.9. The summed E-state index contributed by atoms with van der Waals surface area (Å²) in [7, 11) is 0. The minimum atomic E-state index is -2.19. The van der Waals surface area contributed by atoms with Gasteiger partial charge in [-0.2, -0.15) is 0 Å². The third-order valence-electron chi connectivity index (χ3n) is 2.16. The number of carboxylic acid groups (broad SMARTS) is 2. The number of carbonyl (C=O) groups is 2. The van der Waals surface area contributed by atoms with Crippen molar-refractivity contribution in [3.8, 4) is 0 Å². The van der Waals surface area contributed by atoms with E-state index >= 15 is 0 Å². The molecular weight excluding hydrogens is 344 g/mol. The molecule has 2 aromatic rings. The van der Waals surface area contributed by atoms with E-state index in [1.807, 2.05) is 24.3 Å². The normalized spacial score (nSPS) is 8.17. The summed E-state index contributed by atoms with van der Waals surface area (Å²) in [6, 6.07) is 14.5. The van der Waals surface area contributed by atoms with Crippen LogP contribution >= 0.6 is 0 Å². The molecule has 0 aromatic heterocycles. The van der Waals surface area contributed by atoms with Crippen LogP contribution in [0.15, 0.2) is 48.5 Å². The molecule has 8 N–H and O–H groups in total. The van der Waals surface area contributed by atoms with Gasteiger partial charge in [0, 0.05) is 0 Å². The number of nitrogens with two attached hydrogens (primary N) is 4. The first-order valence-corrected chi connectivity index (χ1v) is 5.88. The molecule has 0 fully saturated rings. The summed E-state index contributed by atoms with van der Waals surface area (Å²) in [6.45, 7) is 0. The van der Waals surface area contributed by atoms with Crippen LogP contribution in [0.2, 0.25) is 0 Å². The van der Waals surface area contributed by atoms with E-state index < -0.39 is 11.9 Å². The predicted molar refractivity (Wildman–Crippen MR) is 80.5 cm³/mol. The van der Waals surface area contributed by atoms with Gasteiger partial charge >= 0.3 is 17.1 Å². The average molecular weight is 360 g/mol. The van der Waals surface area contributed by atoms with Gasteiger partial charge in [0.15, 0.2) is 0 Å². The molecular formula is C14H16FeN4O4. The van der Waals surface area contributed by atoms with E-state index in [1.165, 1.54) is 0 Å². The number of hydrogen-bond donors (Lipinski definition) is 4. The molecule has 8 nitrogen and oxygen atoms in total. The van der Waals surface area contributed by atoms with Crippen molar-refractivity contribution in [2.24, 2.45) is 0 Å². The van der Waals surface area contributed by atoms with Gasteiger partial charge in [0.1, 0.15) is 0 Å². The van der Waals surface area contributed by atoms with Crippen LogP contribution in [0.1, 0.15) is 0 Å². The molecule has 2 rings (SSSR count). The minimum Gasteiger partial charge on any atom is -0.543 e. The number of hydrogen-bond acceptors (Lipinski definition) is 8. The second-order valence-corrected chi connectivity index (χ2v) is 3.83. The number of carbonyl (C=O) groups excluding carboxylic acids is 2. The molecule has 0 aliphatic carbocycles. The van der Waals surface area contributed by atoms with Crippen molar-refractivity contribution in [2.75, 3.05) is 22.9 Å². The van der Waals surface area contributed by atoms with E-state index in [2.05, 4.69) is 0 Å². The molecule has 0 heterocycles. The number of benzene rings is 2. The maximum Gasteiger partial charge on any atom is 2.00 e. The van der Waals surface area contributed by atoms with Crippen molar-refractivity contribution in [3.63, 3.8) is 0 Å². The van der Waals surface area contributed by atoms with Crippen molar-refractivity contribution in [1.29, 1.82) is 0 Å². The number of anilines is 4. The first-order valence-electron chi connectivity index (χ1n) is 5.88. The van der Waals surface area contributed by atoms with E-state index in [0.29, 0.717) is 22.7 Å². The Labute approximate surface area is 143 Å². The van der Waals surface area contributed by atoms with Crippen molar-refractivity contribution >= 4 is 34.7 Å². The van der Waals surface area contributed by atoms with Crippen LogP contribution < -0.4 is 33.1 Å². The van der Waals surface area contributed by atoms with Crippen LogP contribution in [-0.4, -0.2) is 11.9 Å². The second-order valence-electron chi connectivity index (χ2n) is 3.83. The van der Waals surface area contributed by atoms with Crippen LogP contribution in [-0.2, 0) is 26.7 Å². The van der Waals surface area contributed by atoms with Gasteiger partial charge in [-0.3, -0.25) is 0 Å². The van der Waals surface area contributed by atoms with Crippen molar-refractivity contribution in [2.45, 2.75) is 0 Å². The molecule has 0 bridgehead atoms. The zero-order valence-corrected chi connectivity index (χ0v) is 13.0. The van der Waals surface area contributed by atoms with E-state index in [-0.39, 0.29) is 17.1 Å². The predicted octanol–water partition coefficient (Wildman–Crippen LogP) is -1.81. The monoisotopic (exact) mass is 360 g/mol. The third kappa shape index (κ3) is 10.5. The summed E-state index contributed by atoms with van der Waals surface area (Å²) in [6.07, 6.45) is 0.